The minimum Gasteiger partial charge on any atom is -0.430 e. The van der Waals surface area contributed by atoms with Crippen molar-refractivity contribution in [2.24, 2.45) is 0 Å². The molecule has 19 heavy (non-hydrogen) atoms. The number of aromatic nitrogens is 2. The van der Waals surface area contributed by atoms with Crippen molar-refractivity contribution in [1.29, 1.82) is 0 Å². The van der Waals surface area contributed by atoms with E-state index in [0.29, 0.717) is 28.0 Å². The second-order valence-corrected chi connectivity index (χ2v) is 6.14. The zero-order chi connectivity index (χ0) is 13.8. The molecule has 0 aliphatic heterocycles. The number of ether oxygens (including phenoxy) is 1. The molecule has 7 heteroatoms. The third-order valence-corrected chi connectivity index (χ3v) is 3.41. The number of nitrogens with one attached hydrogen (secondary N) is 1. The Hall–Kier alpha value is -1.05. The van der Waals surface area contributed by atoms with Crippen molar-refractivity contribution in [3.05, 3.63) is 33.5 Å². The molecule has 0 saturated carbocycles. The first-order valence-corrected chi connectivity index (χ1v) is 7.33. The van der Waals surface area contributed by atoms with Crippen LogP contribution in [0.2, 0.25) is 0 Å². The summed E-state index contributed by atoms with van der Waals surface area (Å²) in [6.45, 7) is 4.76. The monoisotopic (exact) mass is 345 g/mol. The summed E-state index contributed by atoms with van der Waals surface area (Å²) in [7, 11) is 0. The molecule has 1 aromatic carbocycles. The molecular weight excluding hydrogens is 333 g/mol. The summed E-state index contributed by atoms with van der Waals surface area (Å²) in [6.07, 6.45) is 0. The van der Waals surface area contributed by atoms with Gasteiger partial charge in [0.05, 0.1) is 6.54 Å². The molecule has 0 spiro atoms. The van der Waals surface area contributed by atoms with E-state index in [1.807, 2.05) is 0 Å². The standard InChI is InChI=1S/C12H13BrFN3OS/c1-7(2)15-6-11-16-17-12(19-11)18-10-4-8(13)3-9(14)5-10/h3-5,7,15H,6H2,1-2H3. The Morgan fingerprint density at radius 3 is 2.84 bits per heavy atom. The zero-order valence-corrected chi connectivity index (χ0v) is 12.9. The van der Waals surface area contributed by atoms with Crippen LogP contribution >= 0.6 is 27.3 Å². The van der Waals surface area contributed by atoms with Crippen molar-refractivity contribution < 1.29 is 9.13 Å². The molecule has 102 valence electrons. The van der Waals surface area contributed by atoms with Crippen LogP contribution in [0, 0.1) is 5.82 Å². The Labute approximate surface area is 123 Å². The Kier molecular flexibility index (Phi) is 4.84. The van der Waals surface area contributed by atoms with E-state index in [9.17, 15) is 4.39 Å². The van der Waals surface area contributed by atoms with Gasteiger partial charge in [0.25, 0.3) is 5.19 Å². The molecule has 0 aliphatic rings. The van der Waals surface area contributed by atoms with E-state index in [4.69, 9.17) is 4.74 Å². The molecule has 0 fully saturated rings. The van der Waals surface area contributed by atoms with Gasteiger partial charge in [-0.25, -0.2) is 4.39 Å². The maximum Gasteiger partial charge on any atom is 0.299 e. The van der Waals surface area contributed by atoms with Gasteiger partial charge in [0.1, 0.15) is 16.6 Å². The van der Waals surface area contributed by atoms with Gasteiger partial charge < -0.3 is 10.1 Å². The molecule has 2 aromatic rings. The Balaban J connectivity index is 2.03. The van der Waals surface area contributed by atoms with Crippen LogP contribution in [0.15, 0.2) is 22.7 Å². The fourth-order valence-electron chi connectivity index (χ4n) is 1.33. The lowest BCUT2D eigenvalue weighted by Gasteiger charge is -2.04. The van der Waals surface area contributed by atoms with Crippen molar-refractivity contribution in [1.82, 2.24) is 15.5 Å². The average Bonchev–Trinajstić information content (AvgIpc) is 2.72. The number of rotatable bonds is 5. The van der Waals surface area contributed by atoms with Crippen molar-refractivity contribution in [3.8, 4) is 10.9 Å². The highest BCUT2D eigenvalue weighted by Gasteiger charge is 2.08. The molecule has 1 N–H and O–H groups in total. The minimum absolute atomic E-state index is 0.365. The lowest BCUT2D eigenvalue weighted by Crippen LogP contribution is -2.21. The highest BCUT2D eigenvalue weighted by atomic mass is 79.9. The number of halogens is 2. The molecular formula is C12H13BrFN3OS. The molecule has 0 amide bonds. The van der Waals surface area contributed by atoms with Crippen molar-refractivity contribution >= 4 is 27.3 Å². The Morgan fingerprint density at radius 2 is 2.16 bits per heavy atom. The summed E-state index contributed by atoms with van der Waals surface area (Å²) in [5, 5.41) is 12.4. The van der Waals surface area contributed by atoms with Gasteiger partial charge in [-0.05, 0) is 12.1 Å². The summed E-state index contributed by atoms with van der Waals surface area (Å²) < 4.78 is 19.3. The predicted octanol–water partition coefficient (Wildman–Crippen LogP) is 3.73. The van der Waals surface area contributed by atoms with Crippen molar-refractivity contribution in [2.45, 2.75) is 26.4 Å². The minimum atomic E-state index is -0.365. The summed E-state index contributed by atoms with van der Waals surface area (Å²) in [5.41, 5.74) is 0. The summed E-state index contributed by atoms with van der Waals surface area (Å²) in [4.78, 5) is 0. The number of benzene rings is 1. The van der Waals surface area contributed by atoms with Crippen molar-refractivity contribution in [3.63, 3.8) is 0 Å². The van der Waals surface area contributed by atoms with Gasteiger partial charge in [-0.3, -0.25) is 0 Å². The highest BCUT2D eigenvalue weighted by molar-refractivity contribution is 9.10. The van der Waals surface area contributed by atoms with Gasteiger partial charge in [0, 0.05) is 16.6 Å². The van der Waals surface area contributed by atoms with E-state index in [2.05, 4.69) is 45.3 Å². The topological polar surface area (TPSA) is 47.0 Å². The SMILES string of the molecule is CC(C)NCc1nnc(Oc2cc(F)cc(Br)c2)s1. The van der Waals surface area contributed by atoms with Gasteiger partial charge in [0.15, 0.2) is 0 Å². The van der Waals surface area contributed by atoms with Gasteiger partial charge >= 0.3 is 0 Å². The quantitative estimate of drug-likeness (QED) is 0.896. The second kappa shape index (κ2) is 6.40. The largest absolute Gasteiger partial charge is 0.430 e. The van der Waals surface area contributed by atoms with Crippen LogP contribution in [0.25, 0.3) is 0 Å². The fraction of sp³-hybridized carbons (Fsp3) is 0.333. The molecule has 0 bridgehead atoms. The normalized spacial score (nSPS) is 11.0. The predicted molar refractivity (Wildman–Crippen MR) is 76.1 cm³/mol. The van der Waals surface area contributed by atoms with Gasteiger partial charge in [0.2, 0.25) is 0 Å². The summed E-state index contributed by atoms with van der Waals surface area (Å²) in [5.74, 6) is 0.0296. The zero-order valence-electron chi connectivity index (χ0n) is 10.5. The number of hydrogen-bond donors (Lipinski definition) is 1. The fourth-order valence-corrected chi connectivity index (χ4v) is 2.43. The van der Waals surface area contributed by atoms with E-state index in [0.717, 1.165) is 5.01 Å². The van der Waals surface area contributed by atoms with E-state index < -0.39 is 0 Å². The van der Waals surface area contributed by atoms with E-state index in [-0.39, 0.29) is 5.82 Å². The molecule has 0 atom stereocenters. The second-order valence-electron chi connectivity index (χ2n) is 4.20. The highest BCUT2D eigenvalue weighted by Crippen LogP contribution is 2.28. The van der Waals surface area contributed by atoms with Crippen LogP contribution < -0.4 is 10.1 Å². The van der Waals surface area contributed by atoms with Crippen LogP contribution in [0.4, 0.5) is 4.39 Å². The maximum atomic E-state index is 13.2. The van der Waals surface area contributed by atoms with Gasteiger partial charge in [-0.2, -0.15) is 0 Å². The van der Waals surface area contributed by atoms with Gasteiger partial charge in [-0.1, -0.05) is 46.2 Å². The molecule has 1 heterocycles. The average molecular weight is 346 g/mol. The van der Waals surface area contributed by atoms with Crippen LogP contribution in [0.3, 0.4) is 0 Å². The molecule has 2 rings (SSSR count). The molecule has 0 saturated heterocycles. The van der Waals surface area contributed by atoms with E-state index in [1.165, 1.54) is 23.5 Å². The lowest BCUT2D eigenvalue weighted by molar-refractivity contribution is 0.467. The number of nitrogens with zero attached hydrogens (tertiary/aromatic N) is 2. The summed E-state index contributed by atoms with van der Waals surface area (Å²) >= 11 is 4.55. The third kappa shape index (κ3) is 4.52. The molecule has 4 nitrogen and oxygen atoms in total. The molecule has 1 aromatic heterocycles. The first-order valence-electron chi connectivity index (χ1n) is 5.72. The molecule has 0 radical (unpaired) electrons. The lowest BCUT2D eigenvalue weighted by atomic mass is 10.3. The smallest absolute Gasteiger partial charge is 0.299 e. The van der Waals surface area contributed by atoms with Crippen LogP contribution in [-0.2, 0) is 6.54 Å². The van der Waals surface area contributed by atoms with Gasteiger partial charge in [-0.15, -0.1) is 5.10 Å². The first-order chi connectivity index (χ1) is 9.02. The first kappa shape index (κ1) is 14.4. The van der Waals surface area contributed by atoms with Crippen LogP contribution in [-0.4, -0.2) is 16.2 Å². The van der Waals surface area contributed by atoms with Crippen molar-refractivity contribution in [2.75, 3.05) is 0 Å². The Morgan fingerprint density at radius 1 is 1.37 bits per heavy atom. The third-order valence-electron chi connectivity index (χ3n) is 2.15. The van der Waals surface area contributed by atoms with Crippen LogP contribution in [0.5, 0.6) is 10.9 Å². The molecule has 0 aliphatic carbocycles. The number of hydrogen-bond acceptors (Lipinski definition) is 5. The van der Waals surface area contributed by atoms with E-state index >= 15 is 0 Å². The Bertz CT molecular complexity index is 541. The van der Waals surface area contributed by atoms with E-state index in [1.54, 1.807) is 6.07 Å². The maximum absolute atomic E-state index is 13.2. The molecule has 0 unspecified atom stereocenters. The van der Waals surface area contributed by atoms with Crippen LogP contribution in [0.1, 0.15) is 18.9 Å². The summed E-state index contributed by atoms with van der Waals surface area (Å²) in [6, 6.07) is 4.73.